The molecule has 6 heteroatoms. The third kappa shape index (κ3) is 4.59. The fraction of sp³-hybridized carbons (Fsp3) is 0.238. The smallest absolute Gasteiger partial charge is 0.240 e. The summed E-state index contributed by atoms with van der Waals surface area (Å²) in [5, 5.41) is 0. The lowest BCUT2D eigenvalue weighted by molar-refractivity contribution is 0.578. The molecule has 0 amide bonds. The van der Waals surface area contributed by atoms with Crippen LogP contribution in [0.25, 0.3) is 11.3 Å². The lowest BCUT2D eigenvalue weighted by atomic mass is 9.87. The molecule has 3 rings (SSSR count). The molecule has 0 aliphatic carbocycles. The maximum Gasteiger partial charge on any atom is 0.240 e. The fourth-order valence-electron chi connectivity index (χ4n) is 2.73. The van der Waals surface area contributed by atoms with Crippen LogP contribution in [0.1, 0.15) is 31.9 Å². The summed E-state index contributed by atoms with van der Waals surface area (Å²) in [7, 11) is -3.61. The van der Waals surface area contributed by atoms with Gasteiger partial charge >= 0.3 is 0 Å². The van der Waals surface area contributed by atoms with Gasteiger partial charge in [0.15, 0.2) is 0 Å². The van der Waals surface area contributed by atoms with Crippen molar-refractivity contribution in [2.45, 2.75) is 37.6 Å². The van der Waals surface area contributed by atoms with Gasteiger partial charge in [-0.1, -0.05) is 39.0 Å². The standard InChI is InChI=1S/C21H23N3O2S/c1-21(2,3)18-8-10-19(11-9-18)27(25,26)24-15-17-7-5-13-23-20(17)16-6-4-12-22-14-16/h4-14,24H,15H2,1-3H3. The Morgan fingerprint density at radius 3 is 2.30 bits per heavy atom. The van der Waals surface area contributed by atoms with Crippen molar-refractivity contribution in [3.8, 4) is 11.3 Å². The Hall–Kier alpha value is -2.57. The van der Waals surface area contributed by atoms with Gasteiger partial charge in [-0.3, -0.25) is 9.97 Å². The predicted octanol–water partition coefficient (Wildman–Crippen LogP) is 3.92. The second-order valence-electron chi connectivity index (χ2n) is 7.35. The van der Waals surface area contributed by atoms with Crippen LogP contribution in [-0.4, -0.2) is 18.4 Å². The van der Waals surface area contributed by atoms with Crippen molar-refractivity contribution in [3.63, 3.8) is 0 Å². The van der Waals surface area contributed by atoms with Crippen LogP contribution in [0, 0.1) is 0 Å². The first-order chi connectivity index (χ1) is 12.8. The molecule has 5 nitrogen and oxygen atoms in total. The monoisotopic (exact) mass is 381 g/mol. The summed E-state index contributed by atoms with van der Waals surface area (Å²) in [5.74, 6) is 0. The zero-order valence-corrected chi connectivity index (χ0v) is 16.5. The molecule has 0 atom stereocenters. The normalized spacial score (nSPS) is 12.1. The molecule has 0 fully saturated rings. The molecule has 0 bridgehead atoms. The van der Waals surface area contributed by atoms with E-state index in [0.29, 0.717) is 0 Å². The Labute approximate surface area is 160 Å². The van der Waals surface area contributed by atoms with Crippen LogP contribution < -0.4 is 4.72 Å². The van der Waals surface area contributed by atoms with Gasteiger partial charge in [0.25, 0.3) is 0 Å². The highest BCUT2D eigenvalue weighted by Gasteiger charge is 2.18. The van der Waals surface area contributed by atoms with E-state index in [0.717, 1.165) is 22.4 Å². The van der Waals surface area contributed by atoms with E-state index < -0.39 is 10.0 Å². The van der Waals surface area contributed by atoms with E-state index in [-0.39, 0.29) is 16.9 Å². The number of sulfonamides is 1. The zero-order valence-electron chi connectivity index (χ0n) is 15.7. The zero-order chi connectivity index (χ0) is 19.5. The summed E-state index contributed by atoms with van der Waals surface area (Å²) in [5.41, 5.74) is 3.43. The second-order valence-corrected chi connectivity index (χ2v) is 9.12. The average Bonchev–Trinajstić information content (AvgIpc) is 2.67. The lowest BCUT2D eigenvalue weighted by Crippen LogP contribution is -2.24. The third-order valence-corrected chi connectivity index (χ3v) is 5.73. The van der Waals surface area contributed by atoms with E-state index >= 15 is 0 Å². The van der Waals surface area contributed by atoms with Crippen molar-refractivity contribution in [3.05, 3.63) is 78.2 Å². The molecule has 1 aromatic carbocycles. The number of nitrogens with zero attached hydrogens (tertiary/aromatic N) is 2. The molecule has 3 aromatic rings. The van der Waals surface area contributed by atoms with Crippen LogP contribution in [0.4, 0.5) is 0 Å². The van der Waals surface area contributed by atoms with Crippen LogP contribution in [-0.2, 0) is 22.0 Å². The van der Waals surface area contributed by atoms with Crippen molar-refractivity contribution in [1.82, 2.24) is 14.7 Å². The summed E-state index contributed by atoms with van der Waals surface area (Å²) < 4.78 is 28.0. The maximum absolute atomic E-state index is 12.7. The van der Waals surface area contributed by atoms with Crippen LogP contribution in [0.3, 0.4) is 0 Å². The van der Waals surface area contributed by atoms with Crippen LogP contribution >= 0.6 is 0 Å². The first-order valence-corrected chi connectivity index (χ1v) is 10.2. The van der Waals surface area contributed by atoms with Gasteiger partial charge in [-0.25, -0.2) is 13.1 Å². The maximum atomic E-state index is 12.7. The lowest BCUT2D eigenvalue weighted by Gasteiger charge is -2.19. The minimum Gasteiger partial charge on any atom is -0.264 e. The minimum atomic E-state index is -3.61. The number of aromatic nitrogens is 2. The summed E-state index contributed by atoms with van der Waals surface area (Å²) in [4.78, 5) is 8.75. The van der Waals surface area contributed by atoms with Crippen molar-refractivity contribution in [1.29, 1.82) is 0 Å². The van der Waals surface area contributed by atoms with E-state index in [1.807, 2.05) is 30.3 Å². The predicted molar refractivity (Wildman–Crippen MR) is 107 cm³/mol. The highest BCUT2D eigenvalue weighted by atomic mass is 32.2. The van der Waals surface area contributed by atoms with Crippen molar-refractivity contribution < 1.29 is 8.42 Å². The largest absolute Gasteiger partial charge is 0.264 e. The molecule has 2 aromatic heterocycles. The van der Waals surface area contributed by atoms with E-state index in [4.69, 9.17) is 0 Å². The van der Waals surface area contributed by atoms with Crippen LogP contribution in [0.2, 0.25) is 0 Å². The van der Waals surface area contributed by atoms with Crippen molar-refractivity contribution in [2.75, 3.05) is 0 Å². The molecular weight excluding hydrogens is 358 g/mol. The summed E-state index contributed by atoms with van der Waals surface area (Å²) >= 11 is 0. The summed E-state index contributed by atoms with van der Waals surface area (Å²) in [6.45, 7) is 6.44. The van der Waals surface area contributed by atoms with Gasteiger partial charge in [-0.15, -0.1) is 0 Å². The Morgan fingerprint density at radius 1 is 0.963 bits per heavy atom. The van der Waals surface area contributed by atoms with E-state index in [1.165, 1.54) is 0 Å². The molecule has 0 aliphatic heterocycles. The van der Waals surface area contributed by atoms with Crippen LogP contribution in [0.15, 0.2) is 72.0 Å². The Kier molecular flexibility index (Phi) is 5.39. The molecule has 27 heavy (non-hydrogen) atoms. The van der Waals surface area contributed by atoms with Gasteiger partial charge in [-0.2, -0.15) is 0 Å². The number of nitrogens with one attached hydrogen (secondary N) is 1. The average molecular weight is 382 g/mol. The molecule has 0 radical (unpaired) electrons. The first-order valence-electron chi connectivity index (χ1n) is 8.72. The minimum absolute atomic E-state index is 0.0238. The van der Waals surface area contributed by atoms with E-state index in [9.17, 15) is 8.42 Å². The number of hydrogen-bond donors (Lipinski definition) is 1. The number of hydrogen-bond acceptors (Lipinski definition) is 4. The Balaban J connectivity index is 1.81. The molecule has 1 N–H and O–H groups in total. The fourth-order valence-corrected chi connectivity index (χ4v) is 3.74. The third-order valence-electron chi connectivity index (χ3n) is 4.31. The van der Waals surface area contributed by atoms with Gasteiger partial charge in [0.2, 0.25) is 10.0 Å². The molecule has 0 spiro atoms. The molecule has 0 aliphatic rings. The highest BCUT2D eigenvalue weighted by molar-refractivity contribution is 7.89. The van der Waals surface area contributed by atoms with E-state index in [2.05, 4.69) is 35.5 Å². The molecule has 0 saturated carbocycles. The van der Waals surface area contributed by atoms with Gasteiger partial charge in [0.1, 0.15) is 0 Å². The van der Waals surface area contributed by atoms with Gasteiger partial charge in [0, 0.05) is 30.7 Å². The second kappa shape index (κ2) is 7.58. The quantitative estimate of drug-likeness (QED) is 0.727. The summed E-state index contributed by atoms with van der Waals surface area (Å²) in [6.07, 6.45) is 5.09. The Bertz CT molecular complexity index is 1010. The Morgan fingerprint density at radius 2 is 1.67 bits per heavy atom. The topological polar surface area (TPSA) is 72.0 Å². The van der Waals surface area contributed by atoms with Gasteiger partial charge < -0.3 is 0 Å². The van der Waals surface area contributed by atoms with Gasteiger partial charge in [0.05, 0.1) is 10.6 Å². The summed E-state index contributed by atoms with van der Waals surface area (Å²) in [6, 6.07) is 14.4. The van der Waals surface area contributed by atoms with E-state index in [1.54, 1.807) is 36.8 Å². The van der Waals surface area contributed by atoms with Crippen LogP contribution in [0.5, 0.6) is 0 Å². The highest BCUT2D eigenvalue weighted by Crippen LogP contribution is 2.24. The molecule has 2 heterocycles. The van der Waals surface area contributed by atoms with Crippen molar-refractivity contribution >= 4 is 10.0 Å². The SMILES string of the molecule is CC(C)(C)c1ccc(S(=O)(=O)NCc2cccnc2-c2cccnc2)cc1. The number of benzene rings is 1. The molecule has 0 unspecified atom stereocenters. The number of pyridine rings is 2. The molecular formula is C21H23N3O2S. The van der Waals surface area contributed by atoms with Crippen molar-refractivity contribution in [2.24, 2.45) is 0 Å². The molecule has 0 saturated heterocycles. The number of rotatable bonds is 5. The van der Waals surface area contributed by atoms with Gasteiger partial charge in [-0.05, 0) is 46.9 Å². The molecule has 140 valence electrons. The first kappa shape index (κ1) is 19.2.